The number of aromatic nitrogens is 1. The van der Waals surface area contributed by atoms with E-state index >= 15 is 0 Å². The lowest BCUT2D eigenvalue weighted by atomic mass is 10.1. The first kappa shape index (κ1) is 12.2. The number of aryl methyl sites for hydroxylation is 2. The van der Waals surface area contributed by atoms with E-state index in [1.165, 1.54) is 6.20 Å². The Labute approximate surface area is 105 Å². The van der Waals surface area contributed by atoms with Gasteiger partial charge in [-0.3, -0.25) is 9.78 Å². The molecule has 0 fully saturated rings. The topological polar surface area (TPSA) is 81.2 Å². The maximum atomic E-state index is 12.2. The van der Waals surface area contributed by atoms with E-state index in [-0.39, 0.29) is 5.91 Å². The average molecular weight is 245 g/mol. The molecule has 0 saturated heterocycles. The highest BCUT2D eigenvalue weighted by Crippen LogP contribution is 2.23. The molecule has 0 aliphatic rings. The van der Waals surface area contributed by atoms with Crippen molar-refractivity contribution in [3.8, 4) is 0 Å². The van der Waals surface area contributed by atoms with Crippen LogP contribution in [0.1, 0.15) is 27.4 Å². The van der Waals surface area contributed by atoms with Gasteiger partial charge in [-0.1, -0.05) is 0 Å². The molecule has 0 bridgehead atoms. The van der Waals surface area contributed by atoms with Gasteiger partial charge in [0.2, 0.25) is 0 Å². The summed E-state index contributed by atoms with van der Waals surface area (Å²) in [6.45, 7) is 5.46. The van der Waals surface area contributed by atoms with Gasteiger partial charge in [0.25, 0.3) is 5.91 Å². The molecule has 0 radical (unpaired) electrons. The van der Waals surface area contributed by atoms with E-state index in [1.807, 2.05) is 13.8 Å². The molecule has 0 unspecified atom stereocenters. The third-order valence-electron chi connectivity index (χ3n) is 2.89. The zero-order valence-corrected chi connectivity index (χ0v) is 10.6. The van der Waals surface area contributed by atoms with Crippen molar-refractivity contribution in [1.29, 1.82) is 0 Å². The summed E-state index contributed by atoms with van der Waals surface area (Å²) >= 11 is 0. The summed E-state index contributed by atoms with van der Waals surface area (Å²) in [5.41, 5.74) is 8.11. The van der Waals surface area contributed by atoms with Crippen molar-refractivity contribution in [2.75, 3.05) is 11.1 Å². The van der Waals surface area contributed by atoms with Gasteiger partial charge >= 0.3 is 0 Å². The van der Waals surface area contributed by atoms with Crippen LogP contribution in [0.15, 0.2) is 22.9 Å². The van der Waals surface area contributed by atoms with Crippen LogP contribution in [-0.2, 0) is 0 Å². The van der Waals surface area contributed by atoms with Gasteiger partial charge in [0.15, 0.2) is 0 Å². The Morgan fingerprint density at radius 3 is 2.61 bits per heavy atom. The predicted octanol–water partition coefficient (Wildman–Crippen LogP) is 2.43. The lowest BCUT2D eigenvalue weighted by molar-refractivity contribution is 0.102. The number of nitrogen functional groups attached to an aromatic ring is 1. The fourth-order valence-corrected chi connectivity index (χ4v) is 1.83. The Bertz CT molecular complexity index is 602. The number of furan rings is 1. The van der Waals surface area contributed by atoms with E-state index in [2.05, 4.69) is 10.3 Å². The second kappa shape index (κ2) is 4.52. The minimum Gasteiger partial charge on any atom is -0.466 e. The van der Waals surface area contributed by atoms with Crippen LogP contribution in [0.5, 0.6) is 0 Å². The largest absolute Gasteiger partial charge is 0.466 e. The zero-order valence-electron chi connectivity index (χ0n) is 10.6. The molecule has 2 rings (SSSR count). The van der Waals surface area contributed by atoms with Crippen molar-refractivity contribution in [3.05, 3.63) is 41.1 Å². The number of nitrogens with one attached hydrogen (secondary N) is 1. The summed E-state index contributed by atoms with van der Waals surface area (Å²) in [5, 5.41) is 2.76. The monoisotopic (exact) mass is 245 g/mol. The molecule has 0 aliphatic heterocycles. The molecule has 5 nitrogen and oxygen atoms in total. The van der Waals surface area contributed by atoms with Crippen LogP contribution in [0.3, 0.4) is 0 Å². The summed E-state index contributed by atoms with van der Waals surface area (Å²) in [6.07, 6.45) is 3.07. The van der Waals surface area contributed by atoms with Crippen molar-refractivity contribution in [2.24, 2.45) is 0 Å². The van der Waals surface area contributed by atoms with Gasteiger partial charge in [-0.2, -0.15) is 0 Å². The Morgan fingerprint density at radius 1 is 1.33 bits per heavy atom. The Balaban J connectivity index is 2.31. The number of hydrogen-bond donors (Lipinski definition) is 2. The van der Waals surface area contributed by atoms with Crippen LogP contribution < -0.4 is 11.1 Å². The fourth-order valence-electron chi connectivity index (χ4n) is 1.83. The molecule has 18 heavy (non-hydrogen) atoms. The van der Waals surface area contributed by atoms with E-state index in [0.717, 1.165) is 11.3 Å². The van der Waals surface area contributed by atoms with Crippen LogP contribution in [0.25, 0.3) is 0 Å². The SMILES string of the molecule is Cc1oc(C)c(C(=O)Nc2ccncc2N)c1C. The van der Waals surface area contributed by atoms with E-state index in [0.29, 0.717) is 22.7 Å². The Hall–Kier alpha value is -2.30. The summed E-state index contributed by atoms with van der Waals surface area (Å²) in [5.74, 6) is 1.13. The lowest BCUT2D eigenvalue weighted by Crippen LogP contribution is -2.14. The summed E-state index contributed by atoms with van der Waals surface area (Å²) < 4.78 is 5.43. The lowest BCUT2D eigenvalue weighted by Gasteiger charge is -2.07. The van der Waals surface area contributed by atoms with E-state index in [9.17, 15) is 4.79 Å². The average Bonchev–Trinajstić information content (AvgIpc) is 2.56. The number of nitrogens with zero attached hydrogens (tertiary/aromatic N) is 1. The maximum Gasteiger partial charge on any atom is 0.259 e. The van der Waals surface area contributed by atoms with Gasteiger partial charge in [0.05, 0.1) is 23.1 Å². The first-order chi connectivity index (χ1) is 8.50. The van der Waals surface area contributed by atoms with E-state index in [1.54, 1.807) is 19.2 Å². The number of carbonyl (C=O) groups excluding carboxylic acids is 1. The number of nitrogens with two attached hydrogens (primary N) is 1. The number of hydrogen-bond acceptors (Lipinski definition) is 4. The van der Waals surface area contributed by atoms with Gasteiger partial charge in [0, 0.05) is 11.8 Å². The molecule has 94 valence electrons. The van der Waals surface area contributed by atoms with Crippen molar-refractivity contribution in [3.63, 3.8) is 0 Å². The van der Waals surface area contributed by atoms with E-state index in [4.69, 9.17) is 10.2 Å². The van der Waals surface area contributed by atoms with Crippen molar-refractivity contribution >= 4 is 17.3 Å². The Morgan fingerprint density at radius 2 is 2.06 bits per heavy atom. The number of rotatable bonds is 2. The van der Waals surface area contributed by atoms with Crippen LogP contribution in [0.4, 0.5) is 11.4 Å². The molecule has 0 aromatic carbocycles. The van der Waals surface area contributed by atoms with Crippen LogP contribution in [0.2, 0.25) is 0 Å². The number of pyridine rings is 1. The number of carbonyl (C=O) groups is 1. The smallest absolute Gasteiger partial charge is 0.259 e. The van der Waals surface area contributed by atoms with Gasteiger partial charge < -0.3 is 15.5 Å². The number of anilines is 2. The standard InChI is InChI=1S/C13H15N3O2/c1-7-8(2)18-9(3)12(7)13(17)16-11-4-5-15-6-10(11)14/h4-6H,14H2,1-3H3,(H,15,16,17). The molecule has 0 saturated carbocycles. The van der Waals surface area contributed by atoms with Crippen LogP contribution >= 0.6 is 0 Å². The maximum absolute atomic E-state index is 12.2. The minimum absolute atomic E-state index is 0.222. The highest BCUT2D eigenvalue weighted by Gasteiger charge is 2.19. The molecule has 2 aromatic rings. The van der Waals surface area contributed by atoms with E-state index < -0.39 is 0 Å². The van der Waals surface area contributed by atoms with Crippen molar-refractivity contribution in [2.45, 2.75) is 20.8 Å². The quantitative estimate of drug-likeness (QED) is 0.851. The molecule has 0 aliphatic carbocycles. The van der Waals surface area contributed by atoms with Crippen LogP contribution in [-0.4, -0.2) is 10.9 Å². The Kier molecular flexibility index (Phi) is 3.06. The molecule has 2 aromatic heterocycles. The first-order valence-electron chi connectivity index (χ1n) is 5.58. The summed E-state index contributed by atoms with van der Waals surface area (Å²) in [4.78, 5) is 16.0. The highest BCUT2D eigenvalue weighted by atomic mass is 16.3. The minimum atomic E-state index is -0.222. The normalized spacial score (nSPS) is 10.4. The van der Waals surface area contributed by atoms with Crippen LogP contribution in [0, 0.1) is 20.8 Å². The third-order valence-corrected chi connectivity index (χ3v) is 2.89. The fraction of sp³-hybridized carbons (Fsp3) is 0.231. The van der Waals surface area contributed by atoms with Crippen molar-refractivity contribution in [1.82, 2.24) is 4.98 Å². The zero-order chi connectivity index (χ0) is 13.3. The second-order valence-corrected chi connectivity index (χ2v) is 4.13. The first-order valence-corrected chi connectivity index (χ1v) is 5.58. The highest BCUT2D eigenvalue weighted by molar-refractivity contribution is 6.07. The molecule has 0 spiro atoms. The molecular weight excluding hydrogens is 230 g/mol. The van der Waals surface area contributed by atoms with Gasteiger partial charge in [-0.25, -0.2) is 0 Å². The second-order valence-electron chi connectivity index (χ2n) is 4.13. The third kappa shape index (κ3) is 2.07. The van der Waals surface area contributed by atoms with Gasteiger partial charge in [-0.05, 0) is 26.8 Å². The summed E-state index contributed by atoms with van der Waals surface area (Å²) in [6, 6.07) is 1.66. The van der Waals surface area contributed by atoms with Gasteiger partial charge in [-0.15, -0.1) is 0 Å². The van der Waals surface area contributed by atoms with Crippen molar-refractivity contribution < 1.29 is 9.21 Å². The number of amides is 1. The molecule has 5 heteroatoms. The molecular formula is C13H15N3O2. The van der Waals surface area contributed by atoms with Gasteiger partial charge in [0.1, 0.15) is 11.5 Å². The molecule has 2 heterocycles. The molecule has 3 N–H and O–H groups in total. The predicted molar refractivity (Wildman–Crippen MR) is 69.5 cm³/mol. The molecule has 0 atom stereocenters. The molecule has 1 amide bonds. The summed E-state index contributed by atoms with van der Waals surface area (Å²) in [7, 11) is 0.